The first-order chi connectivity index (χ1) is 12.5. The summed E-state index contributed by atoms with van der Waals surface area (Å²) in [5, 5.41) is 0.188. The zero-order valence-electron chi connectivity index (χ0n) is 15.6. The predicted octanol–water partition coefficient (Wildman–Crippen LogP) is 5.55. The molecular formula is C19H20ClF2NO4. The zero-order valence-corrected chi connectivity index (χ0v) is 16.4. The number of carbonyl (C=O) groups excluding carboxylic acids is 1. The van der Waals surface area contributed by atoms with Gasteiger partial charge < -0.3 is 14.2 Å². The topological polar surface area (TPSA) is 57.7 Å². The number of halogens is 3. The minimum atomic E-state index is -1.10. The van der Waals surface area contributed by atoms with Crippen LogP contribution in [0.2, 0.25) is 5.02 Å². The molecule has 27 heavy (non-hydrogen) atoms. The van der Waals surface area contributed by atoms with Crippen LogP contribution in [0.3, 0.4) is 0 Å². The molecule has 0 spiro atoms. The molecule has 1 heterocycles. The number of hydrogen-bond donors (Lipinski definition) is 0. The van der Waals surface area contributed by atoms with Crippen LogP contribution in [0.4, 0.5) is 8.78 Å². The lowest BCUT2D eigenvalue weighted by Crippen LogP contribution is -2.25. The largest absolute Gasteiger partial charge is 0.474 e. The molecule has 0 saturated heterocycles. The number of aromatic nitrogens is 1. The zero-order chi connectivity index (χ0) is 20.4. The fourth-order valence-corrected chi connectivity index (χ4v) is 2.24. The van der Waals surface area contributed by atoms with Crippen LogP contribution in [0.1, 0.15) is 45.0 Å². The molecule has 0 fully saturated rings. The van der Waals surface area contributed by atoms with Crippen LogP contribution in [0, 0.1) is 11.6 Å². The molecule has 2 aromatic rings. The third-order valence-corrected chi connectivity index (χ3v) is 3.25. The average Bonchev–Trinajstić information content (AvgIpc) is 2.47. The molecule has 1 aromatic heterocycles. The minimum absolute atomic E-state index is 0.120. The Balaban J connectivity index is 2.24. The summed E-state index contributed by atoms with van der Waals surface area (Å²) in [5.74, 6) is -3.08. The van der Waals surface area contributed by atoms with Gasteiger partial charge in [-0.25, -0.2) is 18.6 Å². The van der Waals surface area contributed by atoms with E-state index in [9.17, 15) is 13.6 Å². The Morgan fingerprint density at radius 1 is 1.11 bits per heavy atom. The Kier molecular flexibility index (Phi) is 6.26. The van der Waals surface area contributed by atoms with Crippen molar-refractivity contribution >= 4 is 17.6 Å². The molecule has 0 aliphatic rings. The van der Waals surface area contributed by atoms with Gasteiger partial charge in [0.25, 0.3) is 0 Å². The molecular weight excluding hydrogens is 380 g/mol. The normalized spacial score (nSPS) is 11.4. The van der Waals surface area contributed by atoms with E-state index in [2.05, 4.69) is 4.98 Å². The molecule has 146 valence electrons. The molecule has 0 amide bonds. The fraction of sp³-hybridized carbons (Fsp3) is 0.368. The second-order valence-corrected chi connectivity index (χ2v) is 7.40. The minimum Gasteiger partial charge on any atom is -0.474 e. The summed E-state index contributed by atoms with van der Waals surface area (Å²) in [4.78, 5) is 16.0. The maximum atomic E-state index is 14.2. The van der Waals surface area contributed by atoms with Crippen molar-refractivity contribution in [3.63, 3.8) is 0 Å². The van der Waals surface area contributed by atoms with Crippen molar-refractivity contribution < 1.29 is 27.8 Å². The predicted molar refractivity (Wildman–Crippen MR) is 96.6 cm³/mol. The van der Waals surface area contributed by atoms with E-state index in [0.29, 0.717) is 0 Å². The lowest BCUT2D eigenvalue weighted by atomic mass is 10.1. The van der Waals surface area contributed by atoms with Gasteiger partial charge in [0.15, 0.2) is 0 Å². The van der Waals surface area contributed by atoms with E-state index in [1.807, 2.05) is 13.8 Å². The van der Waals surface area contributed by atoms with Gasteiger partial charge in [0.2, 0.25) is 5.88 Å². The summed E-state index contributed by atoms with van der Waals surface area (Å²) in [6, 6.07) is 3.17. The lowest BCUT2D eigenvalue weighted by Gasteiger charge is -2.20. The molecule has 0 saturated carbocycles. The highest BCUT2D eigenvalue weighted by Crippen LogP contribution is 2.31. The molecule has 8 heteroatoms. The summed E-state index contributed by atoms with van der Waals surface area (Å²) in [7, 11) is 0. The highest BCUT2D eigenvalue weighted by atomic mass is 35.5. The maximum absolute atomic E-state index is 14.2. The van der Waals surface area contributed by atoms with Gasteiger partial charge in [-0.1, -0.05) is 11.6 Å². The Morgan fingerprint density at radius 3 is 2.19 bits per heavy atom. The van der Waals surface area contributed by atoms with Crippen LogP contribution in [-0.4, -0.2) is 22.7 Å². The quantitative estimate of drug-likeness (QED) is 0.617. The molecule has 5 nitrogen and oxygen atoms in total. The van der Waals surface area contributed by atoms with E-state index in [1.165, 1.54) is 12.3 Å². The fourth-order valence-electron chi connectivity index (χ4n) is 2.04. The highest BCUT2D eigenvalue weighted by Gasteiger charge is 2.25. The molecule has 2 rings (SSSR count). The molecule has 0 aliphatic carbocycles. The number of hydrogen-bond acceptors (Lipinski definition) is 5. The number of ether oxygens (including phenoxy) is 3. The van der Waals surface area contributed by atoms with Gasteiger partial charge in [0.1, 0.15) is 39.3 Å². The van der Waals surface area contributed by atoms with Gasteiger partial charge in [-0.3, -0.25) is 0 Å². The summed E-state index contributed by atoms with van der Waals surface area (Å²) in [5.41, 5.74) is -1.66. The molecule has 0 bridgehead atoms. The van der Waals surface area contributed by atoms with E-state index in [1.54, 1.807) is 20.8 Å². The van der Waals surface area contributed by atoms with Gasteiger partial charge in [-0.05, 0) is 34.6 Å². The standard InChI is InChI=1S/C19H20ClF2NO4/c1-10(2)25-17-13(20)6-12(9-23-17)26-11-7-14(21)16(15(22)8-11)18(24)27-19(3,4)5/h6-10H,1-5H3. The Hall–Kier alpha value is -2.41. The van der Waals surface area contributed by atoms with E-state index in [-0.39, 0.29) is 28.5 Å². The Bertz CT molecular complexity index is 827. The van der Waals surface area contributed by atoms with Crippen LogP contribution in [0.25, 0.3) is 0 Å². The number of rotatable bonds is 5. The first-order valence-corrected chi connectivity index (χ1v) is 8.56. The SMILES string of the molecule is CC(C)Oc1ncc(Oc2cc(F)c(C(=O)OC(C)(C)C)c(F)c2)cc1Cl. The van der Waals surface area contributed by atoms with Crippen molar-refractivity contribution in [2.75, 3.05) is 0 Å². The smallest absolute Gasteiger partial charge is 0.344 e. The Morgan fingerprint density at radius 2 is 1.70 bits per heavy atom. The molecule has 0 unspecified atom stereocenters. The molecule has 0 N–H and O–H groups in total. The Labute approximate surface area is 161 Å². The summed E-state index contributed by atoms with van der Waals surface area (Å²) in [6.45, 7) is 8.44. The third-order valence-electron chi connectivity index (χ3n) is 2.98. The number of pyridine rings is 1. The second kappa shape index (κ2) is 8.08. The van der Waals surface area contributed by atoms with Gasteiger partial charge in [-0.15, -0.1) is 0 Å². The number of esters is 1. The summed E-state index contributed by atoms with van der Waals surface area (Å²) in [6.07, 6.45) is 1.19. The van der Waals surface area contributed by atoms with Crippen molar-refractivity contribution in [1.82, 2.24) is 4.98 Å². The van der Waals surface area contributed by atoms with Crippen molar-refractivity contribution in [3.05, 3.63) is 46.6 Å². The maximum Gasteiger partial charge on any atom is 0.344 e. The summed E-state index contributed by atoms with van der Waals surface area (Å²) >= 11 is 6.05. The summed E-state index contributed by atoms with van der Waals surface area (Å²) < 4.78 is 44.3. The number of nitrogens with zero attached hydrogens (tertiary/aromatic N) is 1. The first kappa shape index (κ1) is 20.9. The van der Waals surface area contributed by atoms with Gasteiger partial charge in [-0.2, -0.15) is 0 Å². The lowest BCUT2D eigenvalue weighted by molar-refractivity contribution is 0.00595. The van der Waals surface area contributed by atoms with Gasteiger partial charge >= 0.3 is 5.97 Å². The second-order valence-electron chi connectivity index (χ2n) is 6.99. The van der Waals surface area contributed by atoms with E-state index >= 15 is 0 Å². The number of benzene rings is 1. The van der Waals surface area contributed by atoms with Crippen molar-refractivity contribution in [2.24, 2.45) is 0 Å². The molecule has 0 atom stereocenters. The van der Waals surface area contributed by atoms with Crippen molar-refractivity contribution in [3.8, 4) is 17.4 Å². The van der Waals surface area contributed by atoms with E-state index < -0.39 is 28.8 Å². The average molecular weight is 400 g/mol. The molecule has 0 radical (unpaired) electrons. The highest BCUT2D eigenvalue weighted by molar-refractivity contribution is 6.31. The van der Waals surface area contributed by atoms with Gasteiger partial charge in [0.05, 0.1) is 12.3 Å². The van der Waals surface area contributed by atoms with Crippen molar-refractivity contribution in [1.29, 1.82) is 0 Å². The van der Waals surface area contributed by atoms with E-state index in [4.69, 9.17) is 25.8 Å². The van der Waals surface area contributed by atoms with Crippen molar-refractivity contribution in [2.45, 2.75) is 46.3 Å². The van der Waals surface area contributed by atoms with E-state index in [0.717, 1.165) is 12.1 Å². The molecule has 0 aliphatic heterocycles. The van der Waals surface area contributed by atoms with Crippen LogP contribution >= 0.6 is 11.6 Å². The van der Waals surface area contributed by atoms with Crippen LogP contribution in [0.15, 0.2) is 24.4 Å². The van der Waals surface area contributed by atoms with Crippen LogP contribution < -0.4 is 9.47 Å². The number of carbonyl (C=O) groups is 1. The molecule has 1 aromatic carbocycles. The van der Waals surface area contributed by atoms with Gasteiger partial charge in [0, 0.05) is 18.2 Å². The van der Waals surface area contributed by atoms with Crippen LogP contribution in [0.5, 0.6) is 17.4 Å². The first-order valence-electron chi connectivity index (χ1n) is 8.18. The third kappa shape index (κ3) is 5.79. The van der Waals surface area contributed by atoms with Crippen LogP contribution in [-0.2, 0) is 4.74 Å². The monoisotopic (exact) mass is 399 g/mol.